The predicted molar refractivity (Wildman–Crippen MR) is 108 cm³/mol. The molecule has 1 saturated heterocycles. The summed E-state index contributed by atoms with van der Waals surface area (Å²) in [7, 11) is -3.37. The van der Waals surface area contributed by atoms with Gasteiger partial charge in [-0.1, -0.05) is 36.4 Å². The van der Waals surface area contributed by atoms with Crippen LogP contribution in [-0.2, 0) is 34.2 Å². The summed E-state index contributed by atoms with van der Waals surface area (Å²) in [6.45, 7) is 2.67. The summed E-state index contributed by atoms with van der Waals surface area (Å²) in [5.41, 5.74) is 3.56. The van der Waals surface area contributed by atoms with Crippen LogP contribution >= 0.6 is 0 Å². The molecule has 0 unspecified atom stereocenters. The standard InChI is InChI=1S/C22H26N2O3S/c25-22(23-16-13-19-5-1-2-6-20(19)17-23)12-9-18-7-10-21(11-8-18)28(26,27)24-14-3-4-15-24/h1-2,5-8,10-11H,3-4,9,12-17H2. The van der Waals surface area contributed by atoms with E-state index in [-0.39, 0.29) is 5.91 Å². The average Bonchev–Trinajstić information content (AvgIpc) is 3.28. The maximum absolute atomic E-state index is 12.6. The van der Waals surface area contributed by atoms with Gasteiger partial charge in [0, 0.05) is 32.6 Å². The number of hydrogen-bond acceptors (Lipinski definition) is 3. The molecule has 2 aliphatic heterocycles. The zero-order chi connectivity index (χ0) is 19.6. The smallest absolute Gasteiger partial charge is 0.243 e. The number of fused-ring (bicyclic) bond motifs is 1. The summed E-state index contributed by atoms with van der Waals surface area (Å²) in [6, 6.07) is 15.3. The summed E-state index contributed by atoms with van der Waals surface area (Å²) >= 11 is 0. The fraction of sp³-hybridized carbons (Fsp3) is 0.409. The third-order valence-corrected chi connectivity index (χ3v) is 7.65. The quantitative estimate of drug-likeness (QED) is 0.778. The Kier molecular flexibility index (Phi) is 5.51. The zero-order valence-corrected chi connectivity index (χ0v) is 16.8. The van der Waals surface area contributed by atoms with Gasteiger partial charge in [0.2, 0.25) is 15.9 Å². The molecule has 6 heteroatoms. The lowest BCUT2D eigenvalue weighted by Gasteiger charge is -2.29. The number of hydrogen-bond donors (Lipinski definition) is 0. The molecule has 148 valence electrons. The highest BCUT2D eigenvalue weighted by molar-refractivity contribution is 7.89. The van der Waals surface area contributed by atoms with Crippen molar-refractivity contribution in [3.05, 3.63) is 65.2 Å². The predicted octanol–water partition coefficient (Wildman–Crippen LogP) is 2.99. The second-order valence-corrected chi connectivity index (χ2v) is 9.53. The Hall–Kier alpha value is -2.18. The van der Waals surface area contributed by atoms with Gasteiger partial charge >= 0.3 is 0 Å². The lowest BCUT2D eigenvalue weighted by atomic mass is 9.99. The topological polar surface area (TPSA) is 57.7 Å². The van der Waals surface area contributed by atoms with Crippen LogP contribution < -0.4 is 0 Å². The number of carbonyl (C=O) groups is 1. The summed E-state index contributed by atoms with van der Waals surface area (Å²) in [5, 5.41) is 0. The van der Waals surface area contributed by atoms with E-state index in [0.717, 1.165) is 31.4 Å². The molecule has 2 aliphatic rings. The van der Waals surface area contributed by atoms with Crippen LogP contribution in [0, 0.1) is 0 Å². The molecule has 0 radical (unpaired) electrons. The van der Waals surface area contributed by atoms with Gasteiger partial charge in [-0.2, -0.15) is 4.31 Å². The monoisotopic (exact) mass is 398 g/mol. The molecule has 0 saturated carbocycles. The molecule has 1 amide bonds. The molecule has 0 aromatic heterocycles. The largest absolute Gasteiger partial charge is 0.338 e. The van der Waals surface area contributed by atoms with E-state index in [4.69, 9.17) is 0 Å². The number of rotatable bonds is 5. The van der Waals surface area contributed by atoms with Crippen molar-refractivity contribution in [3.8, 4) is 0 Å². The van der Waals surface area contributed by atoms with Gasteiger partial charge in [0.05, 0.1) is 4.90 Å². The van der Waals surface area contributed by atoms with E-state index in [1.165, 1.54) is 11.1 Å². The number of nitrogens with zero attached hydrogens (tertiary/aromatic N) is 2. The summed E-state index contributed by atoms with van der Waals surface area (Å²) < 4.78 is 26.7. The molecule has 28 heavy (non-hydrogen) atoms. The Morgan fingerprint density at radius 2 is 1.57 bits per heavy atom. The van der Waals surface area contributed by atoms with Crippen LogP contribution in [0.4, 0.5) is 0 Å². The molecule has 0 bridgehead atoms. The first-order chi connectivity index (χ1) is 13.5. The molecule has 0 aliphatic carbocycles. The highest BCUT2D eigenvalue weighted by Gasteiger charge is 2.27. The van der Waals surface area contributed by atoms with Gasteiger partial charge < -0.3 is 4.90 Å². The van der Waals surface area contributed by atoms with Gasteiger partial charge in [-0.25, -0.2) is 8.42 Å². The molecule has 5 nitrogen and oxygen atoms in total. The molecule has 2 aromatic rings. The minimum absolute atomic E-state index is 0.156. The van der Waals surface area contributed by atoms with E-state index in [2.05, 4.69) is 12.1 Å². The first kappa shape index (κ1) is 19.2. The third kappa shape index (κ3) is 3.98. The van der Waals surface area contributed by atoms with Crippen molar-refractivity contribution < 1.29 is 13.2 Å². The van der Waals surface area contributed by atoms with Gasteiger partial charge in [0.25, 0.3) is 0 Å². The van der Waals surface area contributed by atoms with Crippen LogP contribution in [0.25, 0.3) is 0 Å². The van der Waals surface area contributed by atoms with E-state index in [1.807, 2.05) is 29.2 Å². The maximum atomic E-state index is 12.6. The number of aryl methyl sites for hydroxylation is 1. The molecular weight excluding hydrogens is 372 g/mol. The lowest BCUT2D eigenvalue weighted by molar-refractivity contribution is -0.132. The van der Waals surface area contributed by atoms with Crippen molar-refractivity contribution in [1.82, 2.24) is 9.21 Å². The van der Waals surface area contributed by atoms with Crippen molar-refractivity contribution in [2.24, 2.45) is 0 Å². The van der Waals surface area contributed by atoms with E-state index in [0.29, 0.717) is 37.4 Å². The minimum Gasteiger partial charge on any atom is -0.338 e. The summed E-state index contributed by atoms with van der Waals surface area (Å²) in [5.74, 6) is 0.156. The Morgan fingerprint density at radius 1 is 0.893 bits per heavy atom. The van der Waals surface area contributed by atoms with E-state index < -0.39 is 10.0 Å². The molecular formula is C22H26N2O3S. The van der Waals surface area contributed by atoms with Crippen LogP contribution in [0.15, 0.2) is 53.4 Å². The van der Waals surface area contributed by atoms with Gasteiger partial charge in [0.1, 0.15) is 0 Å². The second kappa shape index (κ2) is 8.05. The van der Waals surface area contributed by atoms with Crippen LogP contribution in [0.1, 0.15) is 36.0 Å². The van der Waals surface area contributed by atoms with Crippen molar-refractivity contribution in [1.29, 1.82) is 0 Å². The molecule has 1 fully saturated rings. The SMILES string of the molecule is O=C(CCc1ccc(S(=O)(=O)N2CCCC2)cc1)N1CCc2ccccc2C1. The average molecular weight is 399 g/mol. The van der Waals surface area contributed by atoms with E-state index in [1.54, 1.807) is 16.4 Å². The van der Waals surface area contributed by atoms with Crippen LogP contribution in [0.5, 0.6) is 0 Å². The van der Waals surface area contributed by atoms with Gasteiger partial charge in [-0.05, 0) is 54.5 Å². The molecule has 0 spiro atoms. The van der Waals surface area contributed by atoms with Gasteiger partial charge in [-0.15, -0.1) is 0 Å². The third-order valence-electron chi connectivity index (χ3n) is 5.74. The molecule has 0 atom stereocenters. The summed E-state index contributed by atoms with van der Waals surface area (Å²) in [4.78, 5) is 14.9. The Labute approximate surface area is 167 Å². The lowest BCUT2D eigenvalue weighted by Crippen LogP contribution is -2.36. The summed E-state index contributed by atoms with van der Waals surface area (Å²) in [6.07, 6.45) is 3.84. The highest BCUT2D eigenvalue weighted by atomic mass is 32.2. The number of benzene rings is 2. The zero-order valence-electron chi connectivity index (χ0n) is 16.0. The van der Waals surface area contributed by atoms with Crippen molar-refractivity contribution in [3.63, 3.8) is 0 Å². The van der Waals surface area contributed by atoms with E-state index >= 15 is 0 Å². The Balaban J connectivity index is 1.34. The fourth-order valence-electron chi connectivity index (χ4n) is 4.02. The maximum Gasteiger partial charge on any atom is 0.243 e. The van der Waals surface area contributed by atoms with Crippen LogP contribution in [0.3, 0.4) is 0 Å². The molecule has 4 rings (SSSR count). The molecule has 2 heterocycles. The van der Waals surface area contributed by atoms with Gasteiger partial charge in [-0.3, -0.25) is 4.79 Å². The van der Waals surface area contributed by atoms with E-state index in [9.17, 15) is 13.2 Å². The Bertz CT molecular complexity index is 948. The molecule has 0 N–H and O–H groups in total. The minimum atomic E-state index is -3.37. The second-order valence-electron chi connectivity index (χ2n) is 7.59. The highest BCUT2D eigenvalue weighted by Crippen LogP contribution is 2.22. The fourth-order valence-corrected chi connectivity index (χ4v) is 5.54. The number of sulfonamides is 1. The van der Waals surface area contributed by atoms with Crippen LogP contribution in [-0.4, -0.2) is 43.2 Å². The van der Waals surface area contributed by atoms with Crippen molar-refractivity contribution in [2.75, 3.05) is 19.6 Å². The van der Waals surface area contributed by atoms with Gasteiger partial charge in [0.15, 0.2) is 0 Å². The van der Waals surface area contributed by atoms with Crippen molar-refractivity contribution >= 4 is 15.9 Å². The number of amides is 1. The number of carbonyl (C=O) groups excluding carboxylic acids is 1. The normalized spacial score (nSPS) is 17.5. The van der Waals surface area contributed by atoms with Crippen LogP contribution in [0.2, 0.25) is 0 Å². The Morgan fingerprint density at radius 3 is 2.29 bits per heavy atom. The first-order valence-corrected chi connectivity index (χ1v) is 11.4. The first-order valence-electron chi connectivity index (χ1n) is 9.98. The van der Waals surface area contributed by atoms with Crippen molar-refractivity contribution in [2.45, 2.75) is 43.5 Å². The molecule has 2 aromatic carbocycles.